The third kappa shape index (κ3) is 4.96. The summed E-state index contributed by atoms with van der Waals surface area (Å²) < 4.78 is 27.7. The molecule has 0 unspecified atom stereocenters. The standard InChI is InChI=1S/C25H31N3O4S/c1-18-5-8-21(9-6-18)16-27-17-22(15-24(27)29)25(30)26-10-12-28(13-11-26)33(31,32)23-14-19(2)4-7-20(23)3/h4-9,14,22H,10-13,15-17H2,1-3H3/t22-/m1/s1. The van der Waals surface area contributed by atoms with Crippen molar-refractivity contribution in [2.45, 2.75) is 38.6 Å². The van der Waals surface area contributed by atoms with Crippen molar-refractivity contribution in [2.24, 2.45) is 5.92 Å². The molecule has 4 rings (SSSR count). The van der Waals surface area contributed by atoms with Gasteiger partial charge in [0.25, 0.3) is 0 Å². The molecule has 176 valence electrons. The first-order chi connectivity index (χ1) is 15.6. The molecule has 0 spiro atoms. The van der Waals surface area contributed by atoms with Crippen molar-refractivity contribution in [3.63, 3.8) is 0 Å². The number of sulfonamides is 1. The summed E-state index contributed by atoms with van der Waals surface area (Å²) in [4.78, 5) is 29.4. The van der Waals surface area contributed by atoms with E-state index >= 15 is 0 Å². The molecule has 7 nitrogen and oxygen atoms in total. The predicted octanol–water partition coefficient (Wildman–Crippen LogP) is 2.49. The summed E-state index contributed by atoms with van der Waals surface area (Å²) >= 11 is 0. The van der Waals surface area contributed by atoms with Crippen LogP contribution in [0.4, 0.5) is 0 Å². The predicted molar refractivity (Wildman–Crippen MR) is 126 cm³/mol. The summed E-state index contributed by atoms with van der Waals surface area (Å²) in [7, 11) is -3.61. The summed E-state index contributed by atoms with van der Waals surface area (Å²) in [5.41, 5.74) is 3.83. The maximum Gasteiger partial charge on any atom is 0.243 e. The van der Waals surface area contributed by atoms with Crippen LogP contribution < -0.4 is 0 Å². The van der Waals surface area contributed by atoms with E-state index in [0.29, 0.717) is 31.1 Å². The van der Waals surface area contributed by atoms with Crippen LogP contribution in [0.3, 0.4) is 0 Å². The maximum atomic E-state index is 13.1. The van der Waals surface area contributed by atoms with Gasteiger partial charge in [0.2, 0.25) is 21.8 Å². The average Bonchev–Trinajstić information content (AvgIpc) is 3.16. The molecule has 2 aliphatic heterocycles. The number of piperazine rings is 1. The second-order valence-corrected chi connectivity index (χ2v) is 11.1. The van der Waals surface area contributed by atoms with E-state index in [9.17, 15) is 18.0 Å². The van der Waals surface area contributed by atoms with Gasteiger partial charge < -0.3 is 9.80 Å². The van der Waals surface area contributed by atoms with Crippen molar-refractivity contribution < 1.29 is 18.0 Å². The Bertz CT molecular complexity index is 1150. The molecule has 0 bridgehead atoms. The number of benzene rings is 2. The van der Waals surface area contributed by atoms with Crippen LogP contribution in [0.5, 0.6) is 0 Å². The fourth-order valence-corrected chi connectivity index (χ4v) is 6.27. The van der Waals surface area contributed by atoms with Crippen LogP contribution in [0, 0.1) is 26.7 Å². The Balaban J connectivity index is 1.36. The molecule has 2 saturated heterocycles. The molecule has 0 radical (unpaired) electrons. The first kappa shape index (κ1) is 23.4. The molecule has 0 N–H and O–H groups in total. The van der Waals surface area contributed by atoms with Gasteiger partial charge in [-0.2, -0.15) is 4.31 Å². The Hall–Kier alpha value is -2.71. The molecule has 0 saturated carbocycles. The Morgan fingerprint density at radius 3 is 2.24 bits per heavy atom. The van der Waals surface area contributed by atoms with Crippen LogP contribution in [-0.4, -0.2) is 67.1 Å². The number of nitrogens with zero attached hydrogens (tertiary/aromatic N) is 3. The van der Waals surface area contributed by atoms with Gasteiger partial charge in [-0.3, -0.25) is 9.59 Å². The topological polar surface area (TPSA) is 78.0 Å². The SMILES string of the molecule is Cc1ccc(CN2C[C@H](C(=O)N3CCN(S(=O)(=O)c4cc(C)ccc4C)CC3)CC2=O)cc1. The van der Waals surface area contributed by atoms with E-state index in [1.807, 2.05) is 50.2 Å². The molecule has 2 amide bonds. The van der Waals surface area contributed by atoms with Crippen LogP contribution in [0.2, 0.25) is 0 Å². The van der Waals surface area contributed by atoms with E-state index in [2.05, 4.69) is 0 Å². The molecule has 1 atom stereocenters. The molecule has 8 heteroatoms. The molecule has 0 aliphatic carbocycles. The van der Waals surface area contributed by atoms with Crippen molar-refractivity contribution in [1.82, 2.24) is 14.1 Å². The minimum absolute atomic E-state index is 0.00920. The summed E-state index contributed by atoms with van der Waals surface area (Å²) in [5.74, 6) is -0.436. The fraction of sp³-hybridized carbons (Fsp3) is 0.440. The van der Waals surface area contributed by atoms with Crippen molar-refractivity contribution >= 4 is 21.8 Å². The zero-order valence-corrected chi connectivity index (χ0v) is 20.3. The number of carbonyl (C=O) groups excluding carboxylic acids is 2. The highest BCUT2D eigenvalue weighted by Crippen LogP contribution is 2.25. The molecular formula is C25H31N3O4S. The largest absolute Gasteiger partial charge is 0.340 e. The zero-order valence-electron chi connectivity index (χ0n) is 19.5. The molecule has 2 heterocycles. The van der Waals surface area contributed by atoms with Crippen LogP contribution in [0.1, 0.15) is 28.7 Å². The Labute approximate surface area is 196 Å². The zero-order chi connectivity index (χ0) is 23.8. The van der Waals surface area contributed by atoms with Crippen molar-refractivity contribution in [3.8, 4) is 0 Å². The molecule has 2 aromatic rings. The normalized spacial score (nSPS) is 19.8. The third-order valence-electron chi connectivity index (χ3n) is 6.57. The van der Waals surface area contributed by atoms with Crippen molar-refractivity contribution in [3.05, 3.63) is 64.7 Å². The van der Waals surface area contributed by atoms with Crippen LogP contribution in [-0.2, 0) is 26.2 Å². The highest BCUT2D eigenvalue weighted by molar-refractivity contribution is 7.89. The number of hydrogen-bond donors (Lipinski definition) is 0. The van der Waals surface area contributed by atoms with Gasteiger partial charge in [0.05, 0.1) is 10.8 Å². The fourth-order valence-electron chi connectivity index (χ4n) is 4.54. The van der Waals surface area contributed by atoms with E-state index in [1.165, 1.54) is 9.87 Å². The summed E-state index contributed by atoms with van der Waals surface area (Å²) in [6.07, 6.45) is 0.214. The lowest BCUT2D eigenvalue weighted by molar-refractivity contribution is -0.137. The second kappa shape index (κ2) is 9.27. The third-order valence-corrected chi connectivity index (χ3v) is 8.61. The van der Waals surface area contributed by atoms with Gasteiger partial charge in [-0.25, -0.2) is 8.42 Å². The minimum atomic E-state index is -3.61. The molecular weight excluding hydrogens is 438 g/mol. The minimum Gasteiger partial charge on any atom is -0.340 e. The van der Waals surface area contributed by atoms with Crippen LogP contribution in [0.25, 0.3) is 0 Å². The van der Waals surface area contributed by atoms with Gasteiger partial charge in [0.1, 0.15) is 0 Å². The lowest BCUT2D eigenvalue weighted by Crippen LogP contribution is -2.52. The van der Waals surface area contributed by atoms with E-state index in [1.54, 1.807) is 22.8 Å². The van der Waals surface area contributed by atoms with Crippen LogP contribution >= 0.6 is 0 Å². The quantitative estimate of drug-likeness (QED) is 0.674. The number of rotatable bonds is 5. The highest BCUT2D eigenvalue weighted by Gasteiger charge is 2.38. The smallest absolute Gasteiger partial charge is 0.243 e. The monoisotopic (exact) mass is 469 g/mol. The van der Waals surface area contributed by atoms with Crippen molar-refractivity contribution in [2.75, 3.05) is 32.7 Å². The van der Waals surface area contributed by atoms with Gasteiger partial charge in [0.15, 0.2) is 0 Å². The first-order valence-electron chi connectivity index (χ1n) is 11.3. The van der Waals surface area contributed by atoms with Gasteiger partial charge >= 0.3 is 0 Å². The number of likely N-dealkylation sites (tertiary alicyclic amines) is 1. The van der Waals surface area contributed by atoms with Crippen LogP contribution in [0.15, 0.2) is 47.4 Å². The molecule has 0 aromatic heterocycles. The van der Waals surface area contributed by atoms with E-state index in [4.69, 9.17) is 0 Å². The van der Waals surface area contributed by atoms with E-state index in [0.717, 1.165) is 16.7 Å². The number of amides is 2. The van der Waals surface area contributed by atoms with E-state index < -0.39 is 10.0 Å². The average molecular weight is 470 g/mol. The Kier molecular flexibility index (Phi) is 6.59. The van der Waals surface area contributed by atoms with E-state index in [-0.39, 0.29) is 37.2 Å². The molecule has 2 aliphatic rings. The molecule has 2 aromatic carbocycles. The summed E-state index contributed by atoms with van der Waals surface area (Å²) in [6.45, 7) is 7.80. The Morgan fingerprint density at radius 1 is 0.939 bits per heavy atom. The van der Waals surface area contributed by atoms with Gasteiger partial charge in [-0.1, -0.05) is 42.0 Å². The lowest BCUT2D eigenvalue weighted by Gasteiger charge is -2.35. The van der Waals surface area contributed by atoms with Gasteiger partial charge in [-0.05, 0) is 43.5 Å². The summed E-state index contributed by atoms with van der Waals surface area (Å²) in [5, 5.41) is 0. The number of carbonyl (C=O) groups is 2. The highest BCUT2D eigenvalue weighted by atomic mass is 32.2. The number of aryl methyl sites for hydroxylation is 3. The van der Waals surface area contributed by atoms with Gasteiger partial charge in [0, 0.05) is 45.7 Å². The van der Waals surface area contributed by atoms with Gasteiger partial charge in [-0.15, -0.1) is 0 Å². The lowest BCUT2D eigenvalue weighted by atomic mass is 10.1. The Morgan fingerprint density at radius 2 is 1.58 bits per heavy atom. The van der Waals surface area contributed by atoms with Crippen molar-refractivity contribution in [1.29, 1.82) is 0 Å². The second-order valence-electron chi connectivity index (χ2n) is 9.16. The molecule has 2 fully saturated rings. The molecule has 33 heavy (non-hydrogen) atoms. The first-order valence-corrected chi connectivity index (χ1v) is 12.8. The number of hydrogen-bond acceptors (Lipinski definition) is 4. The summed E-state index contributed by atoms with van der Waals surface area (Å²) in [6, 6.07) is 13.5. The maximum absolute atomic E-state index is 13.1.